The molecule has 1 fully saturated rings. The number of nitrogens with zero attached hydrogens (tertiary/aromatic N) is 2. The smallest absolute Gasteiger partial charge is 0.416 e. The summed E-state index contributed by atoms with van der Waals surface area (Å²) < 4.78 is 48.2. The van der Waals surface area contributed by atoms with Crippen LogP contribution in [0.2, 0.25) is 0 Å². The van der Waals surface area contributed by atoms with Crippen LogP contribution in [-0.2, 0) is 20.4 Å². The lowest BCUT2D eigenvalue weighted by atomic mass is 10.1. The minimum absolute atomic E-state index is 0.0511. The summed E-state index contributed by atoms with van der Waals surface area (Å²) in [6.45, 7) is 1.04. The zero-order valence-electron chi connectivity index (χ0n) is 12.4. The summed E-state index contributed by atoms with van der Waals surface area (Å²) in [6, 6.07) is 4.86. The third kappa shape index (κ3) is 4.13. The van der Waals surface area contributed by atoms with Crippen LogP contribution in [0.15, 0.2) is 18.2 Å². The van der Waals surface area contributed by atoms with Crippen molar-refractivity contribution < 1.29 is 27.4 Å². The van der Waals surface area contributed by atoms with Crippen molar-refractivity contribution >= 4 is 11.7 Å². The number of ether oxygens (including phenoxy) is 2. The first-order valence-corrected chi connectivity index (χ1v) is 6.90. The second kappa shape index (κ2) is 6.87. The molecule has 0 saturated carbocycles. The number of esters is 1. The number of anilines is 1. The lowest BCUT2D eigenvalue weighted by molar-refractivity contribution is -0.144. The minimum Gasteiger partial charge on any atom is -0.469 e. The van der Waals surface area contributed by atoms with Crippen molar-refractivity contribution in [3.63, 3.8) is 0 Å². The minimum atomic E-state index is -4.50. The van der Waals surface area contributed by atoms with E-state index in [-0.39, 0.29) is 12.0 Å². The normalized spacial score (nSPS) is 18.4. The van der Waals surface area contributed by atoms with E-state index in [9.17, 15) is 18.0 Å². The summed E-state index contributed by atoms with van der Waals surface area (Å²) in [5, 5.41) is 9.14. The second-order valence-corrected chi connectivity index (χ2v) is 5.06. The van der Waals surface area contributed by atoms with E-state index in [1.54, 1.807) is 11.0 Å². The highest BCUT2D eigenvalue weighted by Crippen LogP contribution is 2.33. The highest BCUT2D eigenvalue weighted by Gasteiger charge is 2.32. The van der Waals surface area contributed by atoms with Crippen LogP contribution in [0.1, 0.15) is 17.5 Å². The van der Waals surface area contributed by atoms with Gasteiger partial charge in [-0.2, -0.15) is 18.4 Å². The van der Waals surface area contributed by atoms with Gasteiger partial charge in [0.05, 0.1) is 43.1 Å². The zero-order valence-corrected chi connectivity index (χ0v) is 12.4. The van der Waals surface area contributed by atoms with Crippen LogP contribution in [0, 0.1) is 11.3 Å². The van der Waals surface area contributed by atoms with Gasteiger partial charge in [0, 0.05) is 13.1 Å². The molecule has 23 heavy (non-hydrogen) atoms. The van der Waals surface area contributed by atoms with E-state index in [1.807, 2.05) is 0 Å². The SMILES string of the molecule is COC(=O)CC1CN(c2ccc(C(F)(F)F)cc2C#N)CCO1. The molecular weight excluding hydrogens is 313 g/mol. The van der Waals surface area contributed by atoms with Crippen molar-refractivity contribution in [3.05, 3.63) is 29.3 Å². The Kier molecular flexibility index (Phi) is 5.11. The Labute approximate surface area is 131 Å². The van der Waals surface area contributed by atoms with Crippen molar-refractivity contribution in [2.75, 3.05) is 31.7 Å². The quantitative estimate of drug-likeness (QED) is 0.797. The topological polar surface area (TPSA) is 62.6 Å². The van der Waals surface area contributed by atoms with Gasteiger partial charge in [-0.1, -0.05) is 0 Å². The van der Waals surface area contributed by atoms with Crippen LogP contribution in [0.3, 0.4) is 0 Å². The van der Waals surface area contributed by atoms with Gasteiger partial charge >= 0.3 is 12.1 Å². The maximum absolute atomic E-state index is 12.7. The van der Waals surface area contributed by atoms with E-state index in [1.165, 1.54) is 13.2 Å². The number of methoxy groups -OCH3 is 1. The van der Waals surface area contributed by atoms with Gasteiger partial charge in [0.1, 0.15) is 6.07 Å². The molecule has 1 aliphatic rings. The molecule has 2 rings (SSSR count). The van der Waals surface area contributed by atoms with Gasteiger partial charge in [0.15, 0.2) is 0 Å². The fourth-order valence-corrected chi connectivity index (χ4v) is 2.41. The van der Waals surface area contributed by atoms with Crippen LogP contribution < -0.4 is 4.90 Å². The first kappa shape index (κ1) is 17.1. The van der Waals surface area contributed by atoms with E-state index in [0.29, 0.717) is 25.4 Å². The number of carbonyl (C=O) groups excluding carboxylic acids is 1. The van der Waals surface area contributed by atoms with Crippen molar-refractivity contribution in [1.29, 1.82) is 5.26 Å². The van der Waals surface area contributed by atoms with Gasteiger partial charge in [0.25, 0.3) is 0 Å². The Bertz CT molecular complexity index is 625. The number of alkyl halides is 3. The molecule has 1 saturated heterocycles. The number of benzene rings is 1. The Morgan fingerprint density at radius 2 is 2.26 bits per heavy atom. The lowest BCUT2D eigenvalue weighted by Gasteiger charge is -2.34. The predicted molar refractivity (Wildman–Crippen MR) is 74.7 cm³/mol. The molecular formula is C15H15F3N2O3. The number of nitriles is 1. The Morgan fingerprint density at radius 1 is 1.52 bits per heavy atom. The van der Waals surface area contributed by atoms with E-state index in [4.69, 9.17) is 10.00 Å². The number of halogens is 3. The van der Waals surface area contributed by atoms with Crippen molar-refractivity contribution in [2.24, 2.45) is 0 Å². The Hall–Kier alpha value is -2.27. The summed E-state index contributed by atoms with van der Waals surface area (Å²) in [5.41, 5.74) is -0.519. The first-order chi connectivity index (χ1) is 10.8. The molecule has 1 atom stereocenters. The molecule has 8 heteroatoms. The van der Waals surface area contributed by atoms with Crippen LogP contribution in [0.4, 0.5) is 18.9 Å². The standard InChI is InChI=1S/C15H15F3N2O3/c1-22-14(21)7-12-9-20(4-5-23-12)13-3-2-11(15(16,17)18)6-10(13)8-19/h2-3,6,12H,4-5,7,9H2,1H3. The van der Waals surface area contributed by atoms with E-state index >= 15 is 0 Å². The van der Waals surface area contributed by atoms with Crippen LogP contribution >= 0.6 is 0 Å². The molecule has 1 aromatic rings. The van der Waals surface area contributed by atoms with Gasteiger partial charge in [-0.3, -0.25) is 4.79 Å². The summed E-state index contributed by atoms with van der Waals surface area (Å²) in [5.74, 6) is -0.426. The molecule has 0 radical (unpaired) electrons. The molecule has 0 amide bonds. The monoisotopic (exact) mass is 328 g/mol. The molecule has 1 aliphatic heterocycles. The summed E-state index contributed by atoms with van der Waals surface area (Å²) in [7, 11) is 1.27. The number of rotatable bonds is 3. The third-order valence-corrected chi connectivity index (χ3v) is 3.55. The molecule has 0 bridgehead atoms. The van der Waals surface area contributed by atoms with Crippen LogP contribution in [-0.4, -0.2) is 38.9 Å². The van der Waals surface area contributed by atoms with Gasteiger partial charge in [-0.25, -0.2) is 0 Å². The summed E-state index contributed by atoms with van der Waals surface area (Å²) >= 11 is 0. The average molecular weight is 328 g/mol. The second-order valence-electron chi connectivity index (χ2n) is 5.06. The molecule has 0 aromatic heterocycles. The van der Waals surface area contributed by atoms with Crippen LogP contribution in [0.5, 0.6) is 0 Å². The fourth-order valence-electron chi connectivity index (χ4n) is 2.41. The maximum Gasteiger partial charge on any atom is 0.416 e. The van der Waals surface area contributed by atoms with Gasteiger partial charge in [-0.05, 0) is 18.2 Å². The number of hydrogen-bond donors (Lipinski definition) is 0. The van der Waals surface area contributed by atoms with E-state index < -0.39 is 23.8 Å². The van der Waals surface area contributed by atoms with E-state index in [0.717, 1.165) is 12.1 Å². The number of carbonyl (C=O) groups is 1. The first-order valence-electron chi connectivity index (χ1n) is 6.90. The van der Waals surface area contributed by atoms with Gasteiger partial charge in [-0.15, -0.1) is 0 Å². The zero-order chi connectivity index (χ0) is 17.0. The molecule has 1 aromatic carbocycles. The van der Waals surface area contributed by atoms with Gasteiger partial charge < -0.3 is 14.4 Å². The van der Waals surface area contributed by atoms with Crippen LogP contribution in [0.25, 0.3) is 0 Å². The maximum atomic E-state index is 12.7. The Balaban J connectivity index is 2.21. The van der Waals surface area contributed by atoms with Crippen molar-refractivity contribution in [1.82, 2.24) is 0 Å². The summed E-state index contributed by atoms with van der Waals surface area (Å²) in [4.78, 5) is 13.0. The molecule has 1 heterocycles. The van der Waals surface area contributed by atoms with Gasteiger partial charge in [0.2, 0.25) is 0 Å². The highest BCUT2D eigenvalue weighted by atomic mass is 19.4. The molecule has 5 nitrogen and oxygen atoms in total. The predicted octanol–water partition coefficient (Wildman–Crippen LogP) is 2.35. The molecule has 124 valence electrons. The molecule has 0 aliphatic carbocycles. The molecule has 0 N–H and O–H groups in total. The third-order valence-electron chi connectivity index (χ3n) is 3.55. The van der Waals surface area contributed by atoms with Crippen molar-refractivity contribution in [3.8, 4) is 6.07 Å². The number of hydrogen-bond acceptors (Lipinski definition) is 5. The lowest BCUT2D eigenvalue weighted by Crippen LogP contribution is -2.43. The Morgan fingerprint density at radius 3 is 2.87 bits per heavy atom. The summed E-state index contributed by atoms with van der Waals surface area (Å²) in [6.07, 6.45) is -4.87. The largest absolute Gasteiger partial charge is 0.469 e. The number of morpholine rings is 1. The highest BCUT2D eigenvalue weighted by molar-refractivity contribution is 5.70. The molecule has 0 spiro atoms. The fraction of sp³-hybridized carbons (Fsp3) is 0.467. The molecule has 1 unspecified atom stereocenters. The van der Waals surface area contributed by atoms with Crippen molar-refractivity contribution in [2.45, 2.75) is 18.7 Å². The van der Waals surface area contributed by atoms with E-state index in [2.05, 4.69) is 4.74 Å². The average Bonchev–Trinajstić information content (AvgIpc) is 2.53.